The fourth-order valence-corrected chi connectivity index (χ4v) is 10.6. The molecule has 3 aromatic rings. The predicted molar refractivity (Wildman–Crippen MR) is 310 cm³/mol. The fraction of sp³-hybridized carbons (Fsp3) is 0.639. The van der Waals surface area contributed by atoms with E-state index in [2.05, 4.69) is 113 Å². The highest BCUT2D eigenvalue weighted by Gasteiger charge is 2.37. The number of nitrogens with zero attached hydrogens (tertiary/aromatic N) is 6. The number of nitrogens with one attached hydrogen (secondary N) is 1. The minimum absolute atomic E-state index is 0. The summed E-state index contributed by atoms with van der Waals surface area (Å²) in [4.78, 5) is 56.7. The number of methoxy groups -OCH3 is 1. The van der Waals surface area contributed by atoms with Crippen molar-refractivity contribution in [2.24, 2.45) is 33.4 Å². The molecule has 0 aromatic heterocycles. The Morgan fingerprint density at radius 2 is 0.949 bits per heavy atom. The van der Waals surface area contributed by atoms with Crippen molar-refractivity contribution in [1.82, 2.24) is 24.9 Å². The molecule has 15 nitrogen and oxygen atoms in total. The van der Waals surface area contributed by atoms with E-state index in [9.17, 15) is 19.2 Å². The summed E-state index contributed by atoms with van der Waals surface area (Å²) >= 11 is 0. The molecule has 0 spiro atoms. The molecule has 4 amide bonds. The lowest BCUT2D eigenvalue weighted by Crippen LogP contribution is -3.00. The number of urea groups is 1. The smallest absolute Gasteiger partial charge is 0.337 e. The normalized spacial score (nSPS) is 16.7. The lowest BCUT2D eigenvalue weighted by Gasteiger charge is -2.42. The topological polar surface area (TPSA) is 181 Å². The van der Waals surface area contributed by atoms with E-state index in [1.165, 1.54) is 23.8 Å². The van der Waals surface area contributed by atoms with Crippen molar-refractivity contribution in [2.45, 2.75) is 89.9 Å². The number of rotatable bonds is 22. The van der Waals surface area contributed by atoms with Gasteiger partial charge < -0.3 is 80.6 Å². The molecule has 0 radical (unpaired) electrons. The van der Waals surface area contributed by atoms with Crippen molar-refractivity contribution in [2.75, 3.05) is 149 Å². The molecular weight excluding hydrogens is 1020 g/mol. The molecule has 0 atom stereocenters. The minimum Gasteiger partial charge on any atom is -1.00 e. The molecular formula is C61H102Cl2N10O5. The number of carbonyl (C=O) groups is 4. The quantitative estimate of drug-likeness (QED) is 0.0814. The molecule has 6 rings (SSSR count). The SMILES string of the molecule is COC(=O)c1ccc(CCC2(CN)CCN(C(=O)NCCN(C)C)CC2)cc1.C[N+](C)(C)CC(=O)N1CCC(CN)(CCc2ccccc2)CC1.C[N+](C)(C)CCCC(=O)N1CCC(CN)(CCc2ccccc2)CC1.[Cl-].[Cl-]. The van der Waals surface area contributed by atoms with E-state index < -0.39 is 0 Å². The van der Waals surface area contributed by atoms with E-state index in [1.54, 1.807) is 12.1 Å². The van der Waals surface area contributed by atoms with Gasteiger partial charge in [0, 0.05) is 65.2 Å². The van der Waals surface area contributed by atoms with Crippen molar-refractivity contribution in [3.8, 4) is 0 Å². The first kappa shape index (κ1) is 69.8. The molecule has 3 aliphatic heterocycles. The first-order chi connectivity index (χ1) is 36.1. The van der Waals surface area contributed by atoms with E-state index >= 15 is 0 Å². The standard InChI is InChI=1S/C21H34N4O3.C21H36N3O.C19H32N3O.2ClH/c1-24(2)15-12-23-20(27)25-13-10-21(16-22,11-14-25)9-8-17-4-6-18(7-5-17)19(26)28-3;1-24(2,3)17-7-10-20(25)23-15-13-21(18-22,14-16-23)12-11-19-8-5-4-6-9-19;1-22(2,3)15-18(23)21-13-11-19(16-20,12-14-21)10-9-17-7-5-4-6-8-17;;/h4-7H,8-16,22H2,1-3H3,(H,23,27);4-6,8-9H,7,10-18,22H2,1-3H3;4-8H,9-16,20H2,1-3H3;2*1H/q;2*+1;;/p-2. The van der Waals surface area contributed by atoms with Crippen molar-refractivity contribution in [3.63, 3.8) is 0 Å². The Labute approximate surface area is 483 Å². The summed E-state index contributed by atoms with van der Waals surface area (Å²) < 4.78 is 6.34. The summed E-state index contributed by atoms with van der Waals surface area (Å²) in [6.45, 7) is 10.1. The molecule has 3 heterocycles. The number of nitrogens with two attached hydrogens (primary N) is 3. The van der Waals surface area contributed by atoms with E-state index in [0.717, 1.165) is 153 Å². The number of hydrogen-bond donors (Lipinski definition) is 4. The molecule has 78 heavy (non-hydrogen) atoms. The Hall–Kier alpha value is -4.32. The largest absolute Gasteiger partial charge is 1.00 e. The first-order valence-electron chi connectivity index (χ1n) is 28.3. The van der Waals surface area contributed by atoms with Crippen LogP contribution in [0.3, 0.4) is 0 Å². The zero-order chi connectivity index (χ0) is 55.8. The van der Waals surface area contributed by atoms with Crippen LogP contribution in [0.5, 0.6) is 0 Å². The van der Waals surface area contributed by atoms with Crippen molar-refractivity contribution in [3.05, 3.63) is 107 Å². The lowest BCUT2D eigenvalue weighted by molar-refractivity contribution is -0.870. The first-order valence-corrected chi connectivity index (χ1v) is 28.3. The Kier molecular flexibility index (Phi) is 30.5. The Balaban J connectivity index is 0.000000397. The summed E-state index contributed by atoms with van der Waals surface area (Å²) in [5, 5.41) is 2.98. The molecule has 17 heteroatoms. The van der Waals surface area contributed by atoms with E-state index in [1.807, 2.05) is 40.9 Å². The minimum atomic E-state index is -0.318. The summed E-state index contributed by atoms with van der Waals surface area (Å²) in [5.41, 5.74) is 23.4. The number of hydrogen-bond acceptors (Lipinski definition) is 9. The third-order valence-corrected chi connectivity index (χ3v) is 16.3. The highest BCUT2D eigenvalue weighted by Crippen LogP contribution is 2.38. The van der Waals surface area contributed by atoms with Crippen LogP contribution in [0.2, 0.25) is 0 Å². The van der Waals surface area contributed by atoms with Crippen LogP contribution in [0, 0.1) is 16.2 Å². The fourth-order valence-electron chi connectivity index (χ4n) is 10.6. The molecule has 440 valence electrons. The molecule has 3 aliphatic rings. The maximum atomic E-state index is 12.5. The van der Waals surface area contributed by atoms with Crippen LogP contribution < -0.4 is 47.3 Å². The van der Waals surface area contributed by atoms with E-state index in [-0.39, 0.29) is 59.0 Å². The zero-order valence-corrected chi connectivity index (χ0v) is 50.9. The summed E-state index contributed by atoms with van der Waals surface area (Å²) in [7, 11) is 18.1. The van der Waals surface area contributed by atoms with E-state index in [4.69, 9.17) is 21.9 Å². The van der Waals surface area contributed by atoms with Gasteiger partial charge in [0.25, 0.3) is 5.91 Å². The summed E-state index contributed by atoms with van der Waals surface area (Å²) in [6.07, 6.45) is 13.9. The van der Waals surface area contributed by atoms with Gasteiger partial charge in [0.1, 0.15) is 0 Å². The van der Waals surface area contributed by atoms with Crippen molar-refractivity contribution in [1.29, 1.82) is 0 Å². The van der Waals surface area contributed by atoms with Gasteiger partial charge in [-0.05, 0) is 156 Å². The van der Waals surface area contributed by atoms with Crippen molar-refractivity contribution >= 4 is 23.8 Å². The second-order valence-corrected chi connectivity index (χ2v) is 24.6. The van der Waals surface area contributed by atoms with Crippen LogP contribution in [0.1, 0.15) is 97.7 Å². The van der Waals surface area contributed by atoms with Crippen LogP contribution in [0.15, 0.2) is 84.9 Å². The number of piperidine rings is 3. The van der Waals surface area contributed by atoms with Gasteiger partial charge in [0.05, 0.1) is 61.5 Å². The molecule has 3 fully saturated rings. The predicted octanol–water partition coefficient (Wildman–Crippen LogP) is 0.292. The van der Waals surface area contributed by atoms with E-state index in [0.29, 0.717) is 42.0 Å². The van der Waals surface area contributed by atoms with Crippen LogP contribution in [0.4, 0.5) is 4.79 Å². The maximum Gasteiger partial charge on any atom is 0.337 e. The van der Waals surface area contributed by atoms with Gasteiger partial charge in [0.15, 0.2) is 6.54 Å². The second-order valence-electron chi connectivity index (χ2n) is 24.6. The van der Waals surface area contributed by atoms with Crippen molar-refractivity contribution < 1.29 is 57.7 Å². The van der Waals surface area contributed by atoms with Gasteiger partial charge in [-0.1, -0.05) is 72.8 Å². The highest BCUT2D eigenvalue weighted by molar-refractivity contribution is 5.89. The molecule has 7 N–H and O–H groups in total. The number of esters is 1. The molecule has 3 aromatic carbocycles. The zero-order valence-electron chi connectivity index (χ0n) is 49.4. The number of aryl methyl sites for hydroxylation is 3. The number of carbonyl (C=O) groups excluding carboxylic acids is 4. The number of quaternary nitrogens is 2. The summed E-state index contributed by atoms with van der Waals surface area (Å²) in [5.74, 6) is 0.273. The highest BCUT2D eigenvalue weighted by atomic mass is 35.5. The molecule has 0 aliphatic carbocycles. The molecule has 0 saturated carbocycles. The van der Waals surface area contributed by atoms with Gasteiger partial charge in [-0.2, -0.15) is 0 Å². The number of likely N-dealkylation sites (N-methyl/N-ethyl adjacent to an activating group) is 2. The second kappa shape index (κ2) is 34.1. The van der Waals surface area contributed by atoms with Crippen LogP contribution >= 0.6 is 0 Å². The monoisotopic (exact) mass is 1120 g/mol. The Morgan fingerprint density at radius 1 is 0.564 bits per heavy atom. The van der Waals surface area contributed by atoms with Crippen LogP contribution in [-0.2, 0) is 33.6 Å². The average Bonchev–Trinajstić information content (AvgIpc) is 3.41. The average molecular weight is 1130 g/mol. The molecule has 0 unspecified atom stereocenters. The van der Waals surface area contributed by atoms with Crippen LogP contribution in [-0.4, -0.2) is 201 Å². The van der Waals surface area contributed by atoms with Gasteiger partial charge in [0.2, 0.25) is 5.91 Å². The van der Waals surface area contributed by atoms with Gasteiger partial charge in [-0.25, -0.2) is 9.59 Å². The van der Waals surface area contributed by atoms with Gasteiger partial charge >= 0.3 is 12.0 Å². The summed E-state index contributed by atoms with van der Waals surface area (Å²) in [6, 6.07) is 28.8. The third-order valence-electron chi connectivity index (χ3n) is 16.3. The Morgan fingerprint density at radius 3 is 1.31 bits per heavy atom. The lowest BCUT2D eigenvalue weighted by atomic mass is 9.74. The Bertz CT molecular complexity index is 2170. The molecule has 3 saturated heterocycles. The third kappa shape index (κ3) is 24.6. The number of likely N-dealkylation sites (tertiary alicyclic amines) is 3. The number of ether oxygens (including phenoxy) is 1. The van der Waals surface area contributed by atoms with Gasteiger partial charge in [-0.3, -0.25) is 9.59 Å². The molecule has 0 bridgehead atoms. The van der Waals surface area contributed by atoms with Gasteiger partial charge in [-0.15, -0.1) is 0 Å². The maximum absolute atomic E-state index is 12.5. The van der Waals surface area contributed by atoms with Crippen LogP contribution in [0.25, 0.3) is 0 Å². The number of benzene rings is 3. The number of halogens is 2. The number of amides is 4.